The Morgan fingerprint density at radius 3 is 2.44 bits per heavy atom. The molecule has 3 aromatic rings. The van der Waals surface area contributed by atoms with Gasteiger partial charge in [0.15, 0.2) is 0 Å². The number of fused-ring (bicyclic) bond motifs is 1. The van der Waals surface area contributed by atoms with Gasteiger partial charge in [0.2, 0.25) is 0 Å². The highest BCUT2D eigenvalue weighted by Crippen LogP contribution is 2.32. The summed E-state index contributed by atoms with van der Waals surface area (Å²) >= 11 is 0. The number of phenolic OH excluding ortho intramolecular Hbond substituents is 1. The van der Waals surface area contributed by atoms with E-state index >= 15 is 0 Å². The smallest absolute Gasteiger partial charge is 0.340 e. The summed E-state index contributed by atoms with van der Waals surface area (Å²) in [5, 5.41) is 10.6. The van der Waals surface area contributed by atoms with Crippen molar-refractivity contribution in [3.63, 3.8) is 0 Å². The third-order valence-corrected chi connectivity index (χ3v) is 4.62. The molecular formula is C21H23NO3. The van der Waals surface area contributed by atoms with Crippen LogP contribution in [0.25, 0.3) is 22.1 Å². The number of hydrogen-bond acceptors (Lipinski definition) is 4. The summed E-state index contributed by atoms with van der Waals surface area (Å²) in [5.41, 5.74) is 2.66. The van der Waals surface area contributed by atoms with Crippen LogP contribution in [0.2, 0.25) is 0 Å². The molecule has 3 rings (SSSR count). The molecule has 25 heavy (non-hydrogen) atoms. The van der Waals surface area contributed by atoms with Crippen molar-refractivity contribution in [1.82, 2.24) is 4.90 Å². The van der Waals surface area contributed by atoms with Crippen LogP contribution in [0, 0.1) is 0 Å². The Hall–Kier alpha value is -2.59. The highest BCUT2D eigenvalue weighted by molar-refractivity contribution is 5.95. The first-order chi connectivity index (χ1) is 12.1. The average molecular weight is 337 g/mol. The summed E-state index contributed by atoms with van der Waals surface area (Å²) < 4.78 is 5.50. The van der Waals surface area contributed by atoms with Crippen LogP contribution in [-0.2, 0) is 6.42 Å². The SMILES string of the molecule is CCN(CC)CCc1c(-c2ccccc2)c2ccc(O)cc2oc1=O. The Kier molecular flexibility index (Phi) is 5.19. The van der Waals surface area contributed by atoms with Crippen molar-refractivity contribution in [1.29, 1.82) is 0 Å². The topological polar surface area (TPSA) is 53.7 Å². The van der Waals surface area contributed by atoms with Gasteiger partial charge in [-0.2, -0.15) is 0 Å². The second-order valence-corrected chi connectivity index (χ2v) is 6.07. The Labute approximate surface area is 147 Å². The van der Waals surface area contributed by atoms with Gasteiger partial charge < -0.3 is 14.4 Å². The molecule has 1 aromatic heterocycles. The fourth-order valence-corrected chi connectivity index (χ4v) is 3.20. The zero-order chi connectivity index (χ0) is 17.8. The highest BCUT2D eigenvalue weighted by atomic mass is 16.4. The van der Waals surface area contributed by atoms with Crippen LogP contribution in [0.5, 0.6) is 5.75 Å². The zero-order valence-corrected chi connectivity index (χ0v) is 14.7. The molecular weight excluding hydrogens is 314 g/mol. The molecule has 0 saturated heterocycles. The predicted octanol–water partition coefficient (Wildman–Crippen LogP) is 4.05. The monoisotopic (exact) mass is 337 g/mol. The van der Waals surface area contributed by atoms with E-state index in [0.29, 0.717) is 17.6 Å². The van der Waals surface area contributed by atoms with Crippen molar-refractivity contribution < 1.29 is 9.52 Å². The van der Waals surface area contributed by atoms with Crippen molar-refractivity contribution in [2.45, 2.75) is 20.3 Å². The first-order valence-corrected chi connectivity index (χ1v) is 8.70. The molecule has 0 aliphatic carbocycles. The third-order valence-electron chi connectivity index (χ3n) is 4.62. The summed E-state index contributed by atoms with van der Waals surface area (Å²) in [5.74, 6) is 0.0885. The molecule has 4 nitrogen and oxygen atoms in total. The molecule has 0 spiro atoms. The number of nitrogens with zero attached hydrogens (tertiary/aromatic N) is 1. The summed E-state index contributed by atoms with van der Waals surface area (Å²) in [6.07, 6.45) is 0.630. The van der Waals surface area contributed by atoms with E-state index in [1.54, 1.807) is 6.07 Å². The number of phenols is 1. The van der Waals surface area contributed by atoms with E-state index in [-0.39, 0.29) is 11.4 Å². The quantitative estimate of drug-likeness (QED) is 0.690. The van der Waals surface area contributed by atoms with Crippen molar-refractivity contribution in [3.8, 4) is 16.9 Å². The molecule has 2 aromatic carbocycles. The first-order valence-electron chi connectivity index (χ1n) is 8.70. The van der Waals surface area contributed by atoms with Gasteiger partial charge in [-0.3, -0.25) is 0 Å². The average Bonchev–Trinajstić information content (AvgIpc) is 2.63. The largest absolute Gasteiger partial charge is 0.508 e. The maximum atomic E-state index is 12.7. The molecule has 1 N–H and O–H groups in total. The molecule has 0 aliphatic heterocycles. The van der Waals surface area contributed by atoms with E-state index in [1.165, 1.54) is 6.07 Å². The Morgan fingerprint density at radius 2 is 1.76 bits per heavy atom. The van der Waals surface area contributed by atoms with Crippen LogP contribution >= 0.6 is 0 Å². The minimum absolute atomic E-state index is 0.0885. The molecule has 0 fully saturated rings. The van der Waals surface area contributed by atoms with E-state index < -0.39 is 0 Å². The number of benzene rings is 2. The van der Waals surface area contributed by atoms with Crippen LogP contribution < -0.4 is 5.63 Å². The van der Waals surface area contributed by atoms with Crippen LogP contribution in [0.3, 0.4) is 0 Å². The maximum Gasteiger partial charge on any atom is 0.340 e. The summed E-state index contributed by atoms with van der Waals surface area (Å²) in [6.45, 7) is 6.94. The Morgan fingerprint density at radius 1 is 1.04 bits per heavy atom. The van der Waals surface area contributed by atoms with Crippen molar-refractivity contribution in [2.75, 3.05) is 19.6 Å². The van der Waals surface area contributed by atoms with Gasteiger partial charge in [-0.25, -0.2) is 4.79 Å². The van der Waals surface area contributed by atoms with Crippen molar-refractivity contribution >= 4 is 11.0 Å². The van der Waals surface area contributed by atoms with E-state index in [1.807, 2.05) is 36.4 Å². The lowest BCUT2D eigenvalue weighted by Crippen LogP contribution is -2.27. The Bertz CT molecular complexity index is 912. The zero-order valence-electron chi connectivity index (χ0n) is 14.7. The van der Waals surface area contributed by atoms with Crippen LogP contribution in [0.15, 0.2) is 57.7 Å². The Balaban J connectivity index is 2.19. The van der Waals surface area contributed by atoms with Gasteiger partial charge in [0.05, 0.1) is 0 Å². The fourth-order valence-electron chi connectivity index (χ4n) is 3.20. The van der Waals surface area contributed by atoms with Gasteiger partial charge in [-0.15, -0.1) is 0 Å². The van der Waals surface area contributed by atoms with E-state index in [0.717, 1.165) is 36.1 Å². The van der Waals surface area contributed by atoms with Gasteiger partial charge in [0.25, 0.3) is 0 Å². The summed E-state index contributed by atoms with van der Waals surface area (Å²) in [4.78, 5) is 14.9. The lowest BCUT2D eigenvalue weighted by molar-refractivity contribution is 0.307. The molecule has 1 heterocycles. The minimum atomic E-state index is -0.330. The highest BCUT2D eigenvalue weighted by Gasteiger charge is 2.17. The van der Waals surface area contributed by atoms with Gasteiger partial charge in [-0.1, -0.05) is 44.2 Å². The number of aromatic hydroxyl groups is 1. The first kappa shape index (κ1) is 17.2. The van der Waals surface area contributed by atoms with Crippen LogP contribution in [0.1, 0.15) is 19.4 Å². The summed E-state index contributed by atoms with van der Waals surface area (Å²) in [7, 11) is 0. The van der Waals surface area contributed by atoms with E-state index in [9.17, 15) is 9.90 Å². The van der Waals surface area contributed by atoms with Gasteiger partial charge in [-0.05, 0) is 37.2 Å². The maximum absolute atomic E-state index is 12.7. The molecule has 0 saturated carbocycles. The van der Waals surface area contributed by atoms with Gasteiger partial charge in [0, 0.05) is 29.1 Å². The lowest BCUT2D eigenvalue weighted by Gasteiger charge is -2.19. The standard InChI is InChI=1S/C21H23NO3/c1-3-22(4-2)13-12-18-20(15-8-6-5-7-9-15)17-11-10-16(23)14-19(17)25-21(18)24/h5-11,14,23H,3-4,12-13H2,1-2H3. The van der Waals surface area contributed by atoms with E-state index in [2.05, 4.69) is 18.7 Å². The molecule has 0 unspecified atom stereocenters. The third kappa shape index (κ3) is 3.59. The van der Waals surface area contributed by atoms with Crippen molar-refractivity contribution in [3.05, 3.63) is 64.5 Å². The van der Waals surface area contributed by atoms with Gasteiger partial charge in [0.1, 0.15) is 11.3 Å². The number of rotatable bonds is 6. The second kappa shape index (κ2) is 7.53. The normalized spacial score (nSPS) is 11.3. The minimum Gasteiger partial charge on any atom is -0.508 e. The molecule has 130 valence electrons. The molecule has 0 atom stereocenters. The number of hydrogen-bond donors (Lipinski definition) is 1. The predicted molar refractivity (Wildman–Crippen MR) is 101 cm³/mol. The van der Waals surface area contributed by atoms with Gasteiger partial charge >= 0.3 is 5.63 Å². The molecule has 0 radical (unpaired) electrons. The lowest BCUT2D eigenvalue weighted by atomic mass is 9.95. The van der Waals surface area contributed by atoms with Crippen LogP contribution in [0.4, 0.5) is 0 Å². The molecule has 0 amide bonds. The summed E-state index contributed by atoms with van der Waals surface area (Å²) in [6, 6.07) is 14.8. The second-order valence-electron chi connectivity index (χ2n) is 6.07. The van der Waals surface area contributed by atoms with Crippen LogP contribution in [-0.4, -0.2) is 29.6 Å². The molecule has 0 aliphatic rings. The molecule has 4 heteroatoms. The van der Waals surface area contributed by atoms with Crippen molar-refractivity contribution in [2.24, 2.45) is 0 Å². The number of likely N-dealkylation sites (N-methyl/N-ethyl adjacent to an activating group) is 1. The molecule has 0 bridgehead atoms. The fraction of sp³-hybridized carbons (Fsp3) is 0.286. The van der Waals surface area contributed by atoms with E-state index in [4.69, 9.17) is 4.42 Å².